The summed E-state index contributed by atoms with van der Waals surface area (Å²) in [4.78, 5) is 3.88. The van der Waals surface area contributed by atoms with Gasteiger partial charge in [-0.2, -0.15) is 5.10 Å². The Morgan fingerprint density at radius 2 is 1.94 bits per heavy atom. The number of rotatable bonds is 3. The van der Waals surface area contributed by atoms with Crippen LogP contribution in [-0.2, 0) is 21.8 Å². The van der Waals surface area contributed by atoms with E-state index in [2.05, 4.69) is 10.1 Å². The van der Waals surface area contributed by atoms with Crippen molar-refractivity contribution in [2.24, 2.45) is 0 Å². The number of ether oxygens (including phenoxy) is 2. The molecule has 18 heavy (non-hydrogen) atoms. The molecule has 1 aliphatic heterocycles. The summed E-state index contributed by atoms with van der Waals surface area (Å²) in [5, 5.41) is 4.04. The molecule has 1 fully saturated rings. The zero-order chi connectivity index (χ0) is 12.4. The van der Waals surface area contributed by atoms with E-state index in [-0.39, 0.29) is 5.82 Å². The zero-order valence-corrected chi connectivity index (χ0v) is 9.62. The van der Waals surface area contributed by atoms with Crippen molar-refractivity contribution in [1.82, 2.24) is 14.8 Å². The molecule has 0 saturated carbocycles. The molecule has 0 unspecified atom stereocenters. The monoisotopic (exact) mass is 249 g/mol. The summed E-state index contributed by atoms with van der Waals surface area (Å²) in [6.45, 7) is 1.40. The maximum atomic E-state index is 13.0. The predicted octanol–water partition coefficient (Wildman–Crippen LogP) is 1.32. The van der Waals surface area contributed by atoms with E-state index < -0.39 is 5.79 Å². The minimum atomic E-state index is -0.901. The smallest absolute Gasteiger partial charge is 0.215 e. The van der Waals surface area contributed by atoms with Gasteiger partial charge >= 0.3 is 0 Å². The van der Waals surface area contributed by atoms with Crippen molar-refractivity contribution >= 4 is 0 Å². The summed E-state index contributed by atoms with van der Waals surface area (Å²) in [7, 11) is 0. The van der Waals surface area contributed by atoms with Crippen LogP contribution in [-0.4, -0.2) is 28.0 Å². The Labute approximate surface area is 103 Å². The van der Waals surface area contributed by atoms with Crippen LogP contribution in [0.5, 0.6) is 0 Å². The standard InChI is InChI=1S/C12H12FN3O2/c13-11-3-1-10(2-4-11)12(17-5-6-18-12)7-16-9-14-8-15-16/h1-4,8-9H,5-7H2. The lowest BCUT2D eigenvalue weighted by Crippen LogP contribution is -2.33. The lowest BCUT2D eigenvalue weighted by Gasteiger charge is -2.27. The lowest BCUT2D eigenvalue weighted by atomic mass is 10.1. The van der Waals surface area contributed by atoms with Crippen LogP contribution in [0.4, 0.5) is 4.39 Å². The van der Waals surface area contributed by atoms with E-state index in [1.54, 1.807) is 23.1 Å². The van der Waals surface area contributed by atoms with Crippen LogP contribution in [0.3, 0.4) is 0 Å². The zero-order valence-electron chi connectivity index (χ0n) is 9.62. The first-order valence-electron chi connectivity index (χ1n) is 5.65. The van der Waals surface area contributed by atoms with Gasteiger partial charge < -0.3 is 9.47 Å². The quantitative estimate of drug-likeness (QED) is 0.823. The van der Waals surface area contributed by atoms with Crippen LogP contribution >= 0.6 is 0 Å². The molecule has 1 aromatic carbocycles. The highest BCUT2D eigenvalue weighted by Gasteiger charge is 2.39. The van der Waals surface area contributed by atoms with Crippen LogP contribution in [0.2, 0.25) is 0 Å². The van der Waals surface area contributed by atoms with E-state index in [1.165, 1.54) is 18.5 Å². The van der Waals surface area contributed by atoms with E-state index in [4.69, 9.17) is 9.47 Å². The number of hydrogen-bond donors (Lipinski definition) is 0. The van der Waals surface area contributed by atoms with E-state index in [0.29, 0.717) is 19.8 Å². The van der Waals surface area contributed by atoms with E-state index in [1.807, 2.05) is 0 Å². The molecule has 0 aliphatic carbocycles. The third kappa shape index (κ3) is 2.00. The van der Waals surface area contributed by atoms with Gasteiger partial charge in [0.2, 0.25) is 5.79 Å². The lowest BCUT2D eigenvalue weighted by molar-refractivity contribution is -0.177. The van der Waals surface area contributed by atoms with E-state index in [0.717, 1.165) is 5.56 Å². The van der Waals surface area contributed by atoms with Gasteiger partial charge in [0.1, 0.15) is 25.0 Å². The van der Waals surface area contributed by atoms with Gasteiger partial charge in [-0.15, -0.1) is 0 Å². The summed E-state index contributed by atoms with van der Waals surface area (Å²) < 4.78 is 26.0. The molecule has 1 aliphatic rings. The molecule has 2 heterocycles. The number of nitrogens with zero attached hydrogens (tertiary/aromatic N) is 3. The average Bonchev–Trinajstić information content (AvgIpc) is 3.03. The fourth-order valence-corrected chi connectivity index (χ4v) is 2.04. The molecule has 94 valence electrons. The second kappa shape index (κ2) is 4.47. The van der Waals surface area contributed by atoms with Gasteiger partial charge in [0.25, 0.3) is 0 Å². The Morgan fingerprint density at radius 1 is 1.22 bits per heavy atom. The highest BCUT2D eigenvalue weighted by atomic mass is 19.1. The van der Waals surface area contributed by atoms with E-state index >= 15 is 0 Å². The van der Waals surface area contributed by atoms with Gasteiger partial charge in [-0.1, -0.05) is 12.1 Å². The van der Waals surface area contributed by atoms with Crippen LogP contribution in [0.25, 0.3) is 0 Å². The Balaban J connectivity index is 1.93. The Hall–Kier alpha value is -1.79. The van der Waals surface area contributed by atoms with Crippen molar-refractivity contribution in [3.63, 3.8) is 0 Å². The number of aromatic nitrogens is 3. The van der Waals surface area contributed by atoms with Crippen LogP contribution in [0.15, 0.2) is 36.9 Å². The van der Waals surface area contributed by atoms with Crippen molar-refractivity contribution in [3.8, 4) is 0 Å². The summed E-state index contributed by atoms with van der Waals surface area (Å²) in [5.41, 5.74) is 0.775. The van der Waals surface area contributed by atoms with Crippen LogP contribution < -0.4 is 0 Å². The van der Waals surface area contributed by atoms with Crippen LogP contribution in [0, 0.1) is 5.82 Å². The van der Waals surface area contributed by atoms with Gasteiger partial charge in [0.05, 0.1) is 13.2 Å². The van der Waals surface area contributed by atoms with Gasteiger partial charge in [-0.25, -0.2) is 14.1 Å². The van der Waals surface area contributed by atoms with Crippen molar-refractivity contribution in [1.29, 1.82) is 0 Å². The first-order chi connectivity index (χ1) is 8.78. The first kappa shape index (κ1) is 11.3. The largest absolute Gasteiger partial charge is 0.342 e. The van der Waals surface area contributed by atoms with Gasteiger partial charge in [-0.05, 0) is 12.1 Å². The van der Waals surface area contributed by atoms with Gasteiger partial charge in [0.15, 0.2) is 0 Å². The maximum Gasteiger partial charge on any atom is 0.215 e. The second-order valence-corrected chi connectivity index (χ2v) is 4.05. The number of hydrogen-bond acceptors (Lipinski definition) is 4. The normalized spacial score (nSPS) is 18.1. The predicted molar refractivity (Wildman–Crippen MR) is 60.0 cm³/mol. The Morgan fingerprint density at radius 3 is 2.56 bits per heavy atom. The minimum absolute atomic E-state index is 0.285. The van der Waals surface area contributed by atoms with Gasteiger partial charge in [0, 0.05) is 5.56 Å². The Bertz CT molecular complexity index is 507. The molecule has 0 N–H and O–H groups in total. The summed E-state index contributed by atoms with van der Waals surface area (Å²) >= 11 is 0. The Kier molecular flexibility index (Phi) is 2.81. The number of halogens is 1. The molecular weight excluding hydrogens is 237 g/mol. The first-order valence-corrected chi connectivity index (χ1v) is 5.65. The number of benzene rings is 1. The molecule has 1 aromatic heterocycles. The SMILES string of the molecule is Fc1ccc(C2(Cn3cncn3)OCCO2)cc1. The molecule has 0 bridgehead atoms. The van der Waals surface area contributed by atoms with Crippen molar-refractivity contribution in [2.75, 3.05) is 13.2 Å². The molecular formula is C12H12FN3O2. The highest BCUT2D eigenvalue weighted by molar-refractivity contribution is 5.21. The van der Waals surface area contributed by atoms with Crippen molar-refractivity contribution in [2.45, 2.75) is 12.3 Å². The molecule has 3 rings (SSSR count). The average molecular weight is 249 g/mol. The molecule has 0 amide bonds. The molecule has 6 heteroatoms. The third-order valence-corrected chi connectivity index (χ3v) is 2.87. The topological polar surface area (TPSA) is 49.2 Å². The fraction of sp³-hybridized carbons (Fsp3) is 0.333. The van der Waals surface area contributed by atoms with Crippen molar-refractivity contribution in [3.05, 3.63) is 48.3 Å². The maximum absolute atomic E-state index is 13.0. The minimum Gasteiger partial charge on any atom is -0.342 e. The summed E-state index contributed by atoms with van der Waals surface area (Å²) in [6.07, 6.45) is 3.05. The molecule has 1 saturated heterocycles. The molecule has 0 radical (unpaired) electrons. The fourth-order valence-electron chi connectivity index (χ4n) is 2.04. The van der Waals surface area contributed by atoms with E-state index in [9.17, 15) is 4.39 Å². The van der Waals surface area contributed by atoms with Gasteiger partial charge in [-0.3, -0.25) is 0 Å². The van der Waals surface area contributed by atoms with Crippen molar-refractivity contribution < 1.29 is 13.9 Å². The third-order valence-electron chi connectivity index (χ3n) is 2.87. The molecule has 0 atom stereocenters. The molecule has 0 spiro atoms. The van der Waals surface area contributed by atoms with Crippen LogP contribution in [0.1, 0.15) is 5.56 Å². The second-order valence-electron chi connectivity index (χ2n) is 4.05. The highest BCUT2D eigenvalue weighted by Crippen LogP contribution is 2.33. The summed E-state index contributed by atoms with van der Waals surface area (Å²) in [6, 6.07) is 6.11. The molecule has 5 nitrogen and oxygen atoms in total. The summed E-state index contributed by atoms with van der Waals surface area (Å²) in [5.74, 6) is -1.19. The molecule has 2 aromatic rings.